The number of anilines is 1. The van der Waals surface area contributed by atoms with Crippen molar-refractivity contribution in [1.29, 1.82) is 0 Å². The highest BCUT2D eigenvalue weighted by Gasteiger charge is 2.18. The Balaban J connectivity index is 1.50. The van der Waals surface area contributed by atoms with Crippen LogP contribution in [0.2, 0.25) is 0 Å². The predicted octanol–water partition coefficient (Wildman–Crippen LogP) is 3.13. The second-order valence-corrected chi connectivity index (χ2v) is 6.82. The molecule has 1 N–H and O–H groups in total. The van der Waals surface area contributed by atoms with Crippen molar-refractivity contribution in [3.8, 4) is 0 Å². The third-order valence-electron chi connectivity index (χ3n) is 4.12. The van der Waals surface area contributed by atoms with Crippen molar-refractivity contribution in [2.45, 2.75) is 25.8 Å². The number of non-ortho nitro benzene ring substituents is 1. The maximum atomic E-state index is 12.3. The molecule has 2 aromatic heterocycles. The number of amides is 1. The first-order valence-electron chi connectivity index (χ1n) is 7.62. The first kappa shape index (κ1) is 14.8. The van der Waals surface area contributed by atoms with Crippen molar-refractivity contribution >= 4 is 39.0 Å². The van der Waals surface area contributed by atoms with E-state index < -0.39 is 4.92 Å². The molecule has 0 fully saturated rings. The second kappa shape index (κ2) is 5.72. The van der Waals surface area contributed by atoms with Gasteiger partial charge in [-0.3, -0.25) is 14.9 Å². The highest BCUT2D eigenvalue weighted by Crippen LogP contribution is 2.30. The Morgan fingerprint density at radius 1 is 1.38 bits per heavy atom. The molecule has 122 valence electrons. The summed E-state index contributed by atoms with van der Waals surface area (Å²) in [5.74, 6) is -0.154. The molecule has 7 nitrogen and oxygen atoms in total. The molecule has 0 unspecified atom stereocenters. The Kier molecular flexibility index (Phi) is 3.53. The zero-order chi connectivity index (χ0) is 16.7. The standard InChI is InChI=1S/C16H14N4O3S/c21-15(18-16-17-12-2-1-3-14(12)24-16)9-19-7-6-10-8-11(20(22)23)4-5-13(10)19/h4-8H,1-3,9H2,(H,17,18,21). The third kappa shape index (κ3) is 2.65. The summed E-state index contributed by atoms with van der Waals surface area (Å²) in [5, 5.41) is 15.1. The summed E-state index contributed by atoms with van der Waals surface area (Å²) >= 11 is 1.54. The predicted molar refractivity (Wildman–Crippen MR) is 91.4 cm³/mol. The van der Waals surface area contributed by atoms with Crippen LogP contribution in [0.1, 0.15) is 17.0 Å². The molecule has 1 aliphatic rings. The lowest BCUT2D eigenvalue weighted by Gasteiger charge is -2.05. The van der Waals surface area contributed by atoms with E-state index in [1.54, 1.807) is 34.2 Å². The van der Waals surface area contributed by atoms with E-state index in [0.29, 0.717) is 5.13 Å². The van der Waals surface area contributed by atoms with Gasteiger partial charge in [-0.15, -0.1) is 11.3 Å². The fourth-order valence-electron chi connectivity index (χ4n) is 3.00. The molecule has 1 amide bonds. The number of benzene rings is 1. The number of rotatable bonds is 4. The molecule has 2 heterocycles. The summed E-state index contributed by atoms with van der Waals surface area (Å²) < 4.78 is 1.77. The Bertz CT molecular complexity index is 938. The number of hydrogen-bond acceptors (Lipinski definition) is 5. The first-order valence-corrected chi connectivity index (χ1v) is 8.43. The number of carbonyl (C=O) groups excluding carboxylic acids is 1. The molecule has 0 saturated carbocycles. The summed E-state index contributed by atoms with van der Waals surface area (Å²) in [6.45, 7) is 0.144. The van der Waals surface area contributed by atoms with Crippen LogP contribution in [-0.2, 0) is 24.2 Å². The van der Waals surface area contributed by atoms with Crippen LogP contribution in [0.4, 0.5) is 10.8 Å². The van der Waals surface area contributed by atoms with Crippen LogP contribution < -0.4 is 5.32 Å². The number of carbonyl (C=O) groups is 1. The van der Waals surface area contributed by atoms with Crippen LogP contribution in [-0.4, -0.2) is 20.4 Å². The van der Waals surface area contributed by atoms with Gasteiger partial charge in [-0.2, -0.15) is 0 Å². The number of aromatic nitrogens is 2. The van der Waals surface area contributed by atoms with E-state index in [1.807, 2.05) is 0 Å². The van der Waals surface area contributed by atoms with Crippen LogP contribution in [0.15, 0.2) is 30.5 Å². The molecule has 1 aromatic carbocycles. The maximum Gasteiger partial charge on any atom is 0.270 e. The highest BCUT2D eigenvalue weighted by atomic mass is 32.1. The van der Waals surface area contributed by atoms with Gasteiger partial charge in [0, 0.05) is 34.1 Å². The monoisotopic (exact) mass is 342 g/mol. The van der Waals surface area contributed by atoms with Crippen molar-refractivity contribution in [3.05, 3.63) is 51.1 Å². The molecule has 0 radical (unpaired) electrons. The number of nitrogens with one attached hydrogen (secondary N) is 1. The number of thiazole rings is 1. The third-order valence-corrected chi connectivity index (χ3v) is 5.19. The minimum atomic E-state index is -0.425. The SMILES string of the molecule is O=C(Cn1ccc2cc([N+](=O)[O-])ccc21)Nc1nc2c(s1)CCC2. The van der Waals surface area contributed by atoms with E-state index in [0.717, 1.165) is 35.9 Å². The van der Waals surface area contributed by atoms with Crippen LogP contribution >= 0.6 is 11.3 Å². The van der Waals surface area contributed by atoms with E-state index in [2.05, 4.69) is 10.3 Å². The molecule has 3 aromatic rings. The Morgan fingerprint density at radius 2 is 2.25 bits per heavy atom. The molecule has 0 saturated heterocycles. The Morgan fingerprint density at radius 3 is 3.04 bits per heavy atom. The zero-order valence-electron chi connectivity index (χ0n) is 12.7. The van der Waals surface area contributed by atoms with Crippen LogP contribution in [0.5, 0.6) is 0 Å². The average molecular weight is 342 g/mol. The van der Waals surface area contributed by atoms with E-state index in [4.69, 9.17) is 0 Å². The number of aryl methyl sites for hydroxylation is 2. The van der Waals surface area contributed by atoms with Gasteiger partial charge in [0.25, 0.3) is 5.69 Å². The van der Waals surface area contributed by atoms with Gasteiger partial charge in [-0.05, 0) is 31.4 Å². The van der Waals surface area contributed by atoms with Gasteiger partial charge in [-0.25, -0.2) is 4.98 Å². The number of nitro groups is 1. The Hall–Kier alpha value is -2.74. The van der Waals surface area contributed by atoms with Gasteiger partial charge in [0.1, 0.15) is 6.54 Å². The Labute approximate surface area is 141 Å². The topological polar surface area (TPSA) is 90.1 Å². The quantitative estimate of drug-likeness (QED) is 0.582. The van der Waals surface area contributed by atoms with Gasteiger partial charge in [0.2, 0.25) is 5.91 Å². The zero-order valence-corrected chi connectivity index (χ0v) is 13.5. The molecule has 24 heavy (non-hydrogen) atoms. The lowest BCUT2D eigenvalue weighted by Crippen LogP contribution is -2.18. The number of hydrogen-bond donors (Lipinski definition) is 1. The van der Waals surface area contributed by atoms with Crippen molar-refractivity contribution in [3.63, 3.8) is 0 Å². The number of nitrogens with zero attached hydrogens (tertiary/aromatic N) is 3. The molecule has 4 rings (SSSR count). The van der Waals surface area contributed by atoms with Crippen molar-refractivity contribution in [1.82, 2.24) is 9.55 Å². The molecule has 1 aliphatic carbocycles. The molecular formula is C16H14N4O3S. The number of nitro benzene ring substituents is 1. The van der Waals surface area contributed by atoms with Gasteiger partial charge < -0.3 is 9.88 Å². The lowest BCUT2D eigenvalue weighted by atomic mass is 10.2. The summed E-state index contributed by atoms with van der Waals surface area (Å²) in [7, 11) is 0. The van der Waals surface area contributed by atoms with Gasteiger partial charge in [0.15, 0.2) is 5.13 Å². The van der Waals surface area contributed by atoms with Gasteiger partial charge in [-0.1, -0.05) is 0 Å². The van der Waals surface area contributed by atoms with E-state index >= 15 is 0 Å². The molecule has 0 spiro atoms. The van der Waals surface area contributed by atoms with Crippen LogP contribution in [0.25, 0.3) is 10.9 Å². The summed E-state index contributed by atoms with van der Waals surface area (Å²) in [6.07, 6.45) is 4.94. The fraction of sp³-hybridized carbons (Fsp3) is 0.250. The summed E-state index contributed by atoms with van der Waals surface area (Å²) in [4.78, 5) is 28.4. The van der Waals surface area contributed by atoms with Crippen molar-refractivity contribution in [2.75, 3.05) is 5.32 Å². The minimum absolute atomic E-state index is 0.0435. The highest BCUT2D eigenvalue weighted by molar-refractivity contribution is 7.15. The van der Waals surface area contributed by atoms with Crippen molar-refractivity contribution in [2.24, 2.45) is 0 Å². The van der Waals surface area contributed by atoms with Gasteiger partial charge in [0.05, 0.1) is 10.6 Å². The molecule has 0 atom stereocenters. The van der Waals surface area contributed by atoms with E-state index in [9.17, 15) is 14.9 Å². The number of fused-ring (bicyclic) bond motifs is 2. The van der Waals surface area contributed by atoms with Crippen molar-refractivity contribution < 1.29 is 9.72 Å². The first-order chi connectivity index (χ1) is 11.6. The fourth-order valence-corrected chi connectivity index (χ4v) is 4.06. The smallest absolute Gasteiger partial charge is 0.270 e. The van der Waals surface area contributed by atoms with Crippen LogP contribution in [0.3, 0.4) is 0 Å². The largest absolute Gasteiger partial charge is 0.338 e. The summed E-state index contributed by atoms with van der Waals surface area (Å²) in [6, 6.07) is 6.39. The molecule has 0 aliphatic heterocycles. The van der Waals surface area contributed by atoms with E-state index in [-0.39, 0.29) is 18.1 Å². The lowest BCUT2D eigenvalue weighted by molar-refractivity contribution is -0.384. The second-order valence-electron chi connectivity index (χ2n) is 5.73. The maximum absolute atomic E-state index is 12.3. The van der Waals surface area contributed by atoms with Gasteiger partial charge >= 0.3 is 0 Å². The minimum Gasteiger partial charge on any atom is -0.338 e. The summed E-state index contributed by atoms with van der Waals surface area (Å²) in [5.41, 5.74) is 1.94. The molecule has 0 bridgehead atoms. The average Bonchev–Trinajstić information content (AvgIpc) is 3.22. The normalized spacial score (nSPS) is 13.2. The van der Waals surface area contributed by atoms with Crippen LogP contribution in [0, 0.1) is 10.1 Å². The molecule has 8 heteroatoms. The molecular weight excluding hydrogens is 328 g/mol. The van der Waals surface area contributed by atoms with E-state index in [1.165, 1.54) is 17.0 Å².